The largest absolute Gasteiger partial charge is 0.480 e. The highest BCUT2D eigenvalue weighted by Crippen LogP contribution is 2.42. The van der Waals surface area contributed by atoms with Crippen molar-refractivity contribution in [3.8, 4) is 0 Å². The third-order valence-corrected chi connectivity index (χ3v) is 5.52. The van der Waals surface area contributed by atoms with Crippen molar-refractivity contribution >= 4 is 12.0 Å². The summed E-state index contributed by atoms with van der Waals surface area (Å²) in [5.74, 6) is 0.356. The molecule has 3 fully saturated rings. The Morgan fingerprint density at radius 1 is 1.20 bits per heavy atom. The van der Waals surface area contributed by atoms with Crippen LogP contribution in [0.15, 0.2) is 0 Å². The second kappa shape index (κ2) is 5.26. The summed E-state index contributed by atoms with van der Waals surface area (Å²) in [7, 11) is 0. The van der Waals surface area contributed by atoms with Crippen LogP contribution >= 0.6 is 0 Å². The van der Waals surface area contributed by atoms with E-state index in [0.29, 0.717) is 18.4 Å². The third kappa shape index (κ3) is 2.17. The summed E-state index contributed by atoms with van der Waals surface area (Å²) in [4.78, 5) is 27.7. The summed E-state index contributed by atoms with van der Waals surface area (Å²) in [6.07, 6.45) is 5.31. The maximum Gasteiger partial charge on any atom is 0.326 e. The Labute approximate surface area is 119 Å². The first-order valence-electron chi connectivity index (χ1n) is 7.90. The molecule has 0 aromatic carbocycles. The van der Waals surface area contributed by atoms with Crippen molar-refractivity contribution in [2.75, 3.05) is 19.6 Å². The molecule has 1 N–H and O–H groups in total. The maximum atomic E-state index is 12.6. The molecule has 3 aliphatic rings. The Bertz CT molecular complexity index is 412. The zero-order valence-electron chi connectivity index (χ0n) is 12.1. The summed E-state index contributed by atoms with van der Waals surface area (Å²) < 4.78 is 0. The number of carboxylic acid groups (broad SMARTS) is 1. The first kappa shape index (κ1) is 13.7. The van der Waals surface area contributed by atoms with E-state index in [-0.39, 0.29) is 11.9 Å². The molecule has 2 amide bonds. The van der Waals surface area contributed by atoms with E-state index in [1.165, 1.54) is 0 Å². The monoisotopic (exact) mass is 280 g/mol. The molecule has 5 heteroatoms. The molecular weight excluding hydrogens is 256 g/mol. The van der Waals surface area contributed by atoms with Gasteiger partial charge in [-0.05, 0) is 37.0 Å². The van der Waals surface area contributed by atoms with Crippen molar-refractivity contribution < 1.29 is 14.7 Å². The van der Waals surface area contributed by atoms with Gasteiger partial charge >= 0.3 is 12.0 Å². The van der Waals surface area contributed by atoms with E-state index in [1.807, 2.05) is 4.90 Å². The lowest BCUT2D eigenvalue weighted by molar-refractivity contribution is -0.142. The van der Waals surface area contributed by atoms with E-state index in [4.69, 9.17) is 0 Å². The molecule has 0 spiro atoms. The number of nitrogens with zero attached hydrogens (tertiary/aromatic N) is 2. The van der Waals surface area contributed by atoms with Crippen molar-refractivity contribution in [1.82, 2.24) is 9.80 Å². The highest BCUT2D eigenvalue weighted by Gasteiger charge is 2.50. The number of rotatable bonds is 2. The van der Waals surface area contributed by atoms with Gasteiger partial charge in [-0.15, -0.1) is 0 Å². The molecule has 1 aliphatic carbocycles. The molecule has 1 saturated carbocycles. The zero-order valence-corrected chi connectivity index (χ0v) is 12.1. The number of carbonyl (C=O) groups is 2. The molecular formula is C15H24N2O3. The number of fused-ring (bicyclic) bond motifs is 1. The van der Waals surface area contributed by atoms with Crippen LogP contribution in [0, 0.1) is 17.8 Å². The molecule has 3 rings (SSSR count). The van der Waals surface area contributed by atoms with E-state index in [0.717, 1.165) is 45.2 Å². The average molecular weight is 280 g/mol. The minimum Gasteiger partial charge on any atom is -0.480 e. The first-order valence-corrected chi connectivity index (χ1v) is 7.90. The lowest BCUT2D eigenvalue weighted by Gasteiger charge is -2.29. The van der Waals surface area contributed by atoms with Gasteiger partial charge in [0.2, 0.25) is 0 Å². The molecule has 0 radical (unpaired) electrons. The summed E-state index contributed by atoms with van der Waals surface area (Å²) in [6, 6.07) is -0.626. The standard InChI is InChI=1S/C15H24N2O3/c1-2-10-6-7-16(8-10)15(20)17-9-11-4-3-5-12(11)13(17)14(18)19/h10-13H,2-9H2,1H3,(H,18,19). The van der Waals surface area contributed by atoms with Crippen LogP contribution in [0.3, 0.4) is 0 Å². The number of likely N-dealkylation sites (tertiary alicyclic amines) is 2. The molecule has 0 aromatic rings. The molecule has 4 atom stereocenters. The molecule has 2 heterocycles. The van der Waals surface area contributed by atoms with Gasteiger partial charge in [0.25, 0.3) is 0 Å². The molecule has 112 valence electrons. The number of hydrogen-bond donors (Lipinski definition) is 1. The Kier molecular flexibility index (Phi) is 3.61. The first-order chi connectivity index (χ1) is 9.61. The zero-order chi connectivity index (χ0) is 14.3. The van der Waals surface area contributed by atoms with Crippen LogP contribution in [-0.2, 0) is 4.79 Å². The van der Waals surface area contributed by atoms with Crippen LogP contribution < -0.4 is 0 Å². The Hall–Kier alpha value is -1.26. The quantitative estimate of drug-likeness (QED) is 0.842. The summed E-state index contributed by atoms with van der Waals surface area (Å²) >= 11 is 0. The van der Waals surface area contributed by atoms with E-state index >= 15 is 0 Å². The van der Waals surface area contributed by atoms with Crippen molar-refractivity contribution in [3.05, 3.63) is 0 Å². The SMILES string of the molecule is CCC1CCN(C(=O)N2CC3CCCC3C2C(=O)O)C1. The van der Waals surface area contributed by atoms with E-state index in [1.54, 1.807) is 4.90 Å². The van der Waals surface area contributed by atoms with Gasteiger partial charge in [-0.3, -0.25) is 0 Å². The fourth-order valence-electron chi connectivity index (χ4n) is 4.34. The number of carbonyl (C=O) groups excluding carboxylic acids is 1. The van der Waals surface area contributed by atoms with Crippen molar-refractivity contribution in [1.29, 1.82) is 0 Å². The van der Waals surface area contributed by atoms with Crippen molar-refractivity contribution in [2.24, 2.45) is 17.8 Å². The van der Waals surface area contributed by atoms with E-state index < -0.39 is 12.0 Å². The van der Waals surface area contributed by atoms with Crippen LogP contribution in [0.5, 0.6) is 0 Å². The summed E-state index contributed by atoms with van der Waals surface area (Å²) in [5.41, 5.74) is 0. The Balaban J connectivity index is 1.72. The second-order valence-corrected chi connectivity index (χ2v) is 6.58. The van der Waals surface area contributed by atoms with E-state index in [9.17, 15) is 14.7 Å². The Morgan fingerprint density at radius 3 is 2.65 bits per heavy atom. The summed E-state index contributed by atoms with van der Waals surface area (Å²) in [6.45, 7) is 4.38. The van der Waals surface area contributed by atoms with Crippen LogP contribution in [0.2, 0.25) is 0 Å². The molecule has 2 aliphatic heterocycles. The highest BCUT2D eigenvalue weighted by atomic mass is 16.4. The van der Waals surface area contributed by atoms with Crippen LogP contribution in [0.4, 0.5) is 4.79 Å². The fraction of sp³-hybridized carbons (Fsp3) is 0.867. The molecule has 0 bridgehead atoms. The van der Waals surface area contributed by atoms with E-state index in [2.05, 4.69) is 6.92 Å². The molecule has 5 nitrogen and oxygen atoms in total. The molecule has 4 unspecified atom stereocenters. The van der Waals surface area contributed by atoms with Gasteiger partial charge < -0.3 is 14.9 Å². The molecule has 0 aromatic heterocycles. The number of urea groups is 1. The van der Waals surface area contributed by atoms with Gasteiger partial charge in [0, 0.05) is 19.6 Å². The highest BCUT2D eigenvalue weighted by molar-refractivity contribution is 5.84. The lowest BCUT2D eigenvalue weighted by Crippen LogP contribution is -2.49. The van der Waals surface area contributed by atoms with Gasteiger partial charge in [-0.25, -0.2) is 9.59 Å². The normalized spacial score (nSPS) is 36.5. The minimum atomic E-state index is -0.820. The van der Waals surface area contributed by atoms with Gasteiger partial charge in [-0.2, -0.15) is 0 Å². The minimum absolute atomic E-state index is 0.0391. The summed E-state index contributed by atoms with van der Waals surface area (Å²) in [5, 5.41) is 9.51. The topological polar surface area (TPSA) is 60.9 Å². The lowest BCUT2D eigenvalue weighted by atomic mass is 9.94. The average Bonchev–Trinajstić information content (AvgIpc) is 3.11. The predicted octanol–water partition coefficient (Wildman–Crippen LogP) is 2.02. The third-order valence-electron chi connectivity index (χ3n) is 5.52. The number of carboxylic acids is 1. The predicted molar refractivity (Wildman–Crippen MR) is 74.3 cm³/mol. The maximum absolute atomic E-state index is 12.6. The van der Waals surface area contributed by atoms with Gasteiger partial charge in [0.1, 0.15) is 6.04 Å². The molecule has 2 saturated heterocycles. The molecule has 20 heavy (non-hydrogen) atoms. The van der Waals surface area contributed by atoms with Crippen molar-refractivity contribution in [2.45, 2.75) is 45.1 Å². The Morgan fingerprint density at radius 2 is 2.00 bits per heavy atom. The van der Waals surface area contributed by atoms with Gasteiger partial charge in [-0.1, -0.05) is 19.8 Å². The second-order valence-electron chi connectivity index (χ2n) is 6.58. The smallest absolute Gasteiger partial charge is 0.326 e. The fourth-order valence-corrected chi connectivity index (χ4v) is 4.34. The number of aliphatic carboxylic acids is 1. The van der Waals surface area contributed by atoms with Crippen LogP contribution in [0.1, 0.15) is 39.0 Å². The van der Waals surface area contributed by atoms with Gasteiger partial charge in [0.05, 0.1) is 0 Å². The number of hydrogen-bond acceptors (Lipinski definition) is 2. The van der Waals surface area contributed by atoms with Crippen LogP contribution in [-0.4, -0.2) is 52.6 Å². The number of amides is 2. The van der Waals surface area contributed by atoms with Gasteiger partial charge in [0.15, 0.2) is 0 Å². The van der Waals surface area contributed by atoms with Crippen molar-refractivity contribution in [3.63, 3.8) is 0 Å². The van der Waals surface area contributed by atoms with Crippen LogP contribution in [0.25, 0.3) is 0 Å².